The summed E-state index contributed by atoms with van der Waals surface area (Å²) in [6, 6.07) is 4.91. The van der Waals surface area contributed by atoms with Crippen molar-refractivity contribution >= 4 is 17.7 Å². The number of unbranched alkanes of at least 4 members (excludes halogenated alkanes) is 1. The molecule has 0 fully saturated rings. The third-order valence-electron chi connectivity index (χ3n) is 2.69. The molecule has 0 saturated heterocycles. The third kappa shape index (κ3) is 8.07. The van der Waals surface area contributed by atoms with Gasteiger partial charge >= 0.3 is 5.97 Å². The SMILES string of the molecule is CC.CCCC[C@H](Sc1ccc(F)c(C)c1)C(=O)OC.O. The number of halogens is 1. The summed E-state index contributed by atoms with van der Waals surface area (Å²) in [5.41, 5.74) is 0.596. The number of hydrogen-bond donors (Lipinski definition) is 0. The molecule has 2 N–H and O–H groups in total. The summed E-state index contributed by atoms with van der Waals surface area (Å²) < 4.78 is 18.0. The second-order valence-corrected chi connectivity index (χ2v) is 5.46. The Morgan fingerprint density at radius 3 is 2.48 bits per heavy atom. The van der Waals surface area contributed by atoms with Crippen LogP contribution in [0.3, 0.4) is 0 Å². The molecule has 0 saturated carbocycles. The van der Waals surface area contributed by atoms with Gasteiger partial charge in [-0.25, -0.2) is 4.39 Å². The molecule has 122 valence electrons. The first-order valence-corrected chi connectivity index (χ1v) is 7.97. The smallest absolute Gasteiger partial charge is 0.319 e. The summed E-state index contributed by atoms with van der Waals surface area (Å²) in [5.74, 6) is -0.432. The molecule has 0 aliphatic carbocycles. The first kappa shape index (κ1) is 22.2. The fourth-order valence-corrected chi connectivity index (χ4v) is 2.80. The topological polar surface area (TPSA) is 57.8 Å². The van der Waals surface area contributed by atoms with E-state index in [4.69, 9.17) is 4.74 Å². The number of benzene rings is 1. The molecule has 1 aromatic rings. The lowest BCUT2D eigenvalue weighted by atomic mass is 10.2. The Morgan fingerprint density at radius 1 is 1.38 bits per heavy atom. The maximum absolute atomic E-state index is 13.2. The largest absolute Gasteiger partial charge is 0.468 e. The molecule has 1 rings (SSSR count). The number of esters is 1. The number of carbonyl (C=O) groups excluding carboxylic acids is 1. The van der Waals surface area contributed by atoms with Gasteiger partial charge in [-0.1, -0.05) is 33.6 Å². The zero-order valence-electron chi connectivity index (χ0n) is 13.5. The number of methoxy groups -OCH3 is 1. The fraction of sp³-hybridized carbons (Fsp3) is 0.562. The van der Waals surface area contributed by atoms with Crippen molar-refractivity contribution in [1.82, 2.24) is 0 Å². The number of ether oxygens (including phenoxy) is 1. The van der Waals surface area contributed by atoms with E-state index in [9.17, 15) is 9.18 Å². The van der Waals surface area contributed by atoms with Crippen molar-refractivity contribution in [3.8, 4) is 0 Å². The van der Waals surface area contributed by atoms with Gasteiger partial charge in [0.15, 0.2) is 0 Å². The van der Waals surface area contributed by atoms with Crippen LogP contribution in [0.25, 0.3) is 0 Å². The van der Waals surface area contributed by atoms with Crippen molar-refractivity contribution in [2.75, 3.05) is 7.11 Å². The molecule has 1 aromatic carbocycles. The Labute approximate surface area is 131 Å². The lowest BCUT2D eigenvalue weighted by molar-refractivity contribution is -0.140. The monoisotopic (exact) mass is 318 g/mol. The molecule has 5 heteroatoms. The van der Waals surface area contributed by atoms with Crippen LogP contribution in [-0.2, 0) is 9.53 Å². The van der Waals surface area contributed by atoms with Crippen molar-refractivity contribution in [2.24, 2.45) is 0 Å². The van der Waals surface area contributed by atoms with Crippen LogP contribution in [0, 0.1) is 12.7 Å². The highest BCUT2D eigenvalue weighted by molar-refractivity contribution is 8.00. The van der Waals surface area contributed by atoms with Gasteiger partial charge in [0.2, 0.25) is 0 Å². The van der Waals surface area contributed by atoms with Crippen molar-refractivity contribution in [3.63, 3.8) is 0 Å². The predicted molar refractivity (Wildman–Crippen MR) is 87.3 cm³/mol. The van der Waals surface area contributed by atoms with Gasteiger partial charge < -0.3 is 10.2 Å². The van der Waals surface area contributed by atoms with Crippen LogP contribution in [0.15, 0.2) is 23.1 Å². The van der Waals surface area contributed by atoms with Crippen molar-refractivity contribution < 1.29 is 19.4 Å². The van der Waals surface area contributed by atoms with Crippen molar-refractivity contribution in [1.29, 1.82) is 0 Å². The van der Waals surface area contributed by atoms with E-state index in [1.165, 1.54) is 24.9 Å². The van der Waals surface area contributed by atoms with Gasteiger partial charge in [-0.2, -0.15) is 0 Å². The Kier molecular flexibility index (Phi) is 13.4. The zero-order chi connectivity index (χ0) is 15.5. The van der Waals surface area contributed by atoms with Crippen LogP contribution in [0.5, 0.6) is 0 Å². The van der Waals surface area contributed by atoms with E-state index < -0.39 is 0 Å². The Bertz CT molecular complexity index is 411. The minimum absolute atomic E-state index is 0. The van der Waals surface area contributed by atoms with E-state index in [1.807, 2.05) is 13.8 Å². The molecule has 0 bridgehead atoms. The van der Waals surface area contributed by atoms with Gasteiger partial charge in [0.25, 0.3) is 0 Å². The lowest BCUT2D eigenvalue weighted by Gasteiger charge is -2.14. The maximum atomic E-state index is 13.2. The molecule has 0 aliphatic rings. The first-order chi connectivity index (χ1) is 9.58. The molecule has 0 spiro atoms. The molecular formula is C16H27FO3S. The molecule has 0 aromatic heterocycles. The quantitative estimate of drug-likeness (QED) is 0.584. The molecular weight excluding hydrogens is 291 g/mol. The van der Waals surface area contributed by atoms with E-state index in [0.717, 1.165) is 24.2 Å². The van der Waals surface area contributed by atoms with Crippen molar-refractivity contribution in [2.45, 2.75) is 57.1 Å². The van der Waals surface area contributed by atoms with Crippen LogP contribution in [0.1, 0.15) is 45.6 Å². The van der Waals surface area contributed by atoms with E-state index in [-0.39, 0.29) is 22.5 Å². The third-order valence-corrected chi connectivity index (χ3v) is 3.93. The van der Waals surface area contributed by atoms with Crippen molar-refractivity contribution in [3.05, 3.63) is 29.6 Å². The average molecular weight is 318 g/mol. The minimum Gasteiger partial charge on any atom is -0.468 e. The minimum atomic E-state index is -0.220. The zero-order valence-corrected chi connectivity index (χ0v) is 14.3. The molecule has 21 heavy (non-hydrogen) atoms. The van der Waals surface area contributed by atoms with Crippen LogP contribution in [0.4, 0.5) is 4.39 Å². The average Bonchev–Trinajstić information content (AvgIpc) is 2.48. The molecule has 0 heterocycles. The number of thioether (sulfide) groups is 1. The standard InChI is InChI=1S/C14H19FO2S.C2H6.H2O/c1-4-5-6-13(14(16)17-3)18-11-7-8-12(15)10(2)9-11;1-2;/h7-9,13H,4-6H2,1-3H3;1-2H3;1H2/t13-;;/m0../s1. The van der Waals surface area contributed by atoms with E-state index in [0.29, 0.717) is 5.56 Å². The van der Waals surface area contributed by atoms with Gasteiger partial charge in [0.05, 0.1) is 7.11 Å². The highest BCUT2D eigenvalue weighted by Crippen LogP contribution is 2.28. The van der Waals surface area contributed by atoms with Gasteiger partial charge in [-0.3, -0.25) is 4.79 Å². The number of rotatable bonds is 6. The molecule has 3 nitrogen and oxygen atoms in total. The fourth-order valence-electron chi connectivity index (χ4n) is 1.60. The van der Waals surface area contributed by atoms with E-state index in [1.54, 1.807) is 19.1 Å². The Morgan fingerprint density at radius 2 is 2.00 bits per heavy atom. The molecule has 1 atom stereocenters. The van der Waals surface area contributed by atoms with E-state index in [2.05, 4.69) is 6.92 Å². The summed E-state index contributed by atoms with van der Waals surface area (Å²) in [6.07, 6.45) is 2.80. The maximum Gasteiger partial charge on any atom is 0.319 e. The van der Waals surface area contributed by atoms with Gasteiger partial charge in [-0.15, -0.1) is 11.8 Å². The highest BCUT2D eigenvalue weighted by atomic mass is 32.2. The molecule has 0 radical (unpaired) electrons. The predicted octanol–water partition coefficient (Wildman–Crippen LogP) is 4.16. The lowest BCUT2D eigenvalue weighted by Crippen LogP contribution is -2.18. The van der Waals surface area contributed by atoms with Crippen LogP contribution in [-0.4, -0.2) is 23.8 Å². The summed E-state index contributed by atoms with van der Waals surface area (Å²) in [6.45, 7) is 7.81. The number of carbonyl (C=O) groups is 1. The molecule has 0 aliphatic heterocycles. The summed E-state index contributed by atoms with van der Waals surface area (Å²) in [5, 5.41) is -0.209. The summed E-state index contributed by atoms with van der Waals surface area (Å²) in [7, 11) is 1.40. The Balaban J connectivity index is 0. The Hall–Kier alpha value is -1.07. The van der Waals surface area contributed by atoms with Crippen LogP contribution in [0.2, 0.25) is 0 Å². The normalized spacial score (nSPS) is 10.8. The second kappa shape index (κ2) is 12.7. The van der Waals surface area contributed by atoms with E-state index >= 15 is 0 Å². The molecule has 0 amide bonds. The summed E-state index contributed by atoms with van der Waals surface area (Å²) >= 11 is 1.44. The van der Waals surface area contributed by atoms with Gasteiger partial charge in [0, 0.05) is 4.90 Å². The highest BCUT2D eigenvalue weighted by Gasteiger charge is 2.20. The second-order valence-electron chi connectivity index (χ2n) is 4.18. The number of aryl methyl sites for hydroxylation is 1. The van der Waals surface area contributed by atoms with Crippen LogP contribution < -0.4 is 0 Å². The summed E-state index contributed by atoms with van der Waals surface area (Å²) in [4.78, 5) is 12.6. The number of hydrogen-bond acceptors (Lipinski definition) is 3. The van der Waals surface area contributed by atoms with Gasteiger partial charge in [-0.05, 0) is 37.1 Å². The molecule has 0 unspecified atom stereocenters. The first-order valence-electron chi connectivity index (χ1n) is 7.09. The van der Waals surface area contributed by atoms with Gasteiger partial charge in [0.1, 0.15) is 11.1 Å². The van der Waals surface area contributed by atoms with Crippen LogP contribution >= 0.6 is 11.8 Å².